The molecule has 1 aromatic rings. The number of halogens is 1. The summed E-state index contributed by atoms with van der Waals surface area (Å²) in [4.78, 5) is 23.6. The number of nitrogens with one attached hydrogen (secondary N) is 1. The zero-order chi connectivity index (χ0) is 15.9. The minimum absolute atomic E-state index is 0.0304. The molecule has 0 aromatic heterocycles. The van der Waals surface area contributed by atoms with Gasteiger partial charge in [0.1, 0.15) is 5.78 Å². The lowest BCUT2D eigenvalue weighted by Gasteiger charge is -2.16. The molecule has 1 N–H and O–H groups in total. The van der Waals surface area contributed by atoms with Crippen LogP contribution in [0.3, 0.4) is 0 Å². The second-order valence-electron chi connectivity index (χ2n) is 6.25. The number of hydrogen-bond acceptors (Lipinski definition) is 2. The Morgan fingerprint density at radius 1 is 1.05 bits per heavy atom. The first-order valence-electron chi connectivity index (χ1n) is 7.38. The van der Waals surface area contributed by atoms with Crippen LogP contribution in [0.1, 0.15) is 56.8 Å². The van der Waals surface area contributed by atoms with Crippen molar-refractivity contribution in [3.63, 3.8) is 0 Å². The molecule has 21 heavy (non-hydrogen) atoms. The highest BCUT2D eigenvalue weighted by Crippen LogP contribution is 2.18. The van der Waals surface area contributed by atoms with Crippen molar-refractivity contribution in [2.75, 3.05) is 6.54 Å². The van der Waals surface area contributed by atoms with Crippen molar-refractivity contribution in [1.29, 1.82) is 0 Å². The van der Waals surface area contributed by atoms with E-state index < -0.39 is 0 Å². The summed E-state index contributed by atoms with van der Waals surface area (Å²) in [6.45, 7) is 6.53. The molecule has 0 bridgehead atoms. The number of Topliss-reactive ketones (excluding diaryl/α,β-unsaturated/α-hetero) is 1. The maximum absolute atomic E-state index is 11.9. The van der Waals surface area contributed by atoms with Crippen LogP contribution in [0.4, 0.5) is 0 Å². The van der Waals surface area contributed by atoms with Crippen molar-refractivity contribution in [2.24, 2.45) is 5.41 Å². The predicted octanol–water partition coefficient (Wildman–Crippen LogP) is 4.20. The fourth-order valence-electron chi connectivity index (χ4n) is 1.87. The Morgan fingerprint density at radius 2 is 1.67 bits per heavy atom. The molecule has 0 saturated heterocycles. The van der Waals surface area contributed by atoms with Crippen LogP contribution in [-0.2, 0) is 4.79 Å². The molecule has 0 spiro atoms. The number of ketones is 1. The summed E-state index contributed by atoms with van der Waals surface area (Å²) in [6, 6.07) is 7.51. The smallest absolute Gasteiger partial charge is 0.251 e. The standard InChI is InChI=1S/C17H24INO2/c1-17(2,3)15(20)7-5-4-6-12-19-16(21)13-8-10-14(18)11-9-13/h8-11H,4-7,12H2,1-3H3,(H,19,21). The number of hydrogen-bond donors (Lipinski definition) is 1. The molecule has 4 heteroatoms. The molecule has 0 unspecified atom stereocenters. The van der Waals surface area contributed by atoms with Crippen LogP contribution in [0.25, 0.3) is 0 Å². The molecule has 0 aliphatic heterocycles. The fraction of sp³-hybridized carbons (Fsp3) is 0.529. The topological polar surface area (TPSA) is 46.2 Å². The number of rotatable bonds is 7. The number of amides is 1. The third-order valence-corrected chi connectivity index (χ3v) is 4.03. The summed E-state index contributed by atoms with van der Waals surface area (Å²) in [5.74, 6) is 0.280. The largest absolute Gasteiger partial charge is 0.352 e. The van der Waals surface area contributed by atoms with E-state index in [0.29, 0.717) is 24.3 Å². The monoisotopic (exact) mass is 401 g/mol. The van der Waals surface area contributed by atoms with Crippen LogP contribution in [0, 0.1) is 8.99 Å². The number of benzene rings is 1. The molecule has 0 fully saturated rings. The summed E-state index contributed by atoms with van der Waals surface area (Å²) in [7, 11) is 0. The minimum atomic E-state index is -0.237. The van der Waals surface area contributed by atoms with Crippen molar-refractivity contribution in [2.45, 2.75) is 46.5 Å². The highest BCUT2D eigenvalue weighted by Gasteiger charge is 2.19. The summed E-state index contributed by atoms with van der Waals surface area (Å²) < 4.78 is 1.12. The van der Waals surface area contributed by atoms with Gasteiger partial charge in [-0.1, -0.05) is 27.2 Å². The molecule has 0 aliphatic carbocycles. The van der Waals surface area contributed by atoms with Gasteiger partial charge in [-0.2, -0.15) is 0 Å². The van der Waals surface area contributed by atoms with Crippen molar-refractivity contribution >= 4 is 34.3 Å². The first-order valence-corrected chi connectivity index (χ1v) is 8.45. The fourth-order valence-corrected chi connectivity index (χ4v) is 2.23. The van der Waals surface area contributed by atoms with Crippen LogP contribution >= 0.6 is 22.6 Å². The lowest BCUT2D eigenvalue weighted by molar-refractivity contribution is -0.126. The zero-order valence-electron chi connectivity index (χ0n) is 13.0. The summed E-state index contributed by atoms with van der Waals surface area (Å²) >= 11 is 2.22. The van der Waals surface area contributed by atoms with E-state index >= 15 is 0 Å². The molecule has 0 atom stereocenters. The second kappa shape index (κ2) is 8.51. The zero-order valence-corrected chi connectivity index (χ0v) is 15.2. The van der Waals surface area contributed by atoms with Crippen molar-refractivity contribution in [1.82, 2.24) is 5.32 Å². The predicted molar refractivity (Wildman–Crippen MR) is 94.4 cm³/mol. The Hall–Kier alpha value is -0.910. The van der Waals surface area contributed by atoms with Gasteiger partial charge in [-0.15, -0.1) is 0 Å². The number of carbonyl (C=O) groups excluding carboxylic acids is 2. The van der Waals surface area contributed by atoms with Gasteiger partial charge in [-0.25, -0.2) is 0 Å². The van der Waals surface area contributed by atoms with Crippen LogP contribution in [0.5, 0.6) is 0 Å². The molecular formula is C17H24INO2. The van der Waals surface area contributed by atoms with E-state index in [1.54, 1.807) is 0 Å². The molecule has 1 amide bonds. The number of unbranched alkanes of at least 4 members (excludes halogenated alkanes) is 2. The Kier molecular flexibility index (Phi) is 7.35. The van der Waals surface area contributed by atoms with Crippen molar-refractivity contribution in [3.05, 3.63) is 33.4 Å². The molecule has 116 valence electrons. The molecule has 0 radical (unpaired) electrons. The third kappa shape index (κ3) is 7.07. The van der Waals surface area contributed by atoms with E-state index in [0.717, 1.165) is 22.8 Å². The molecular weight excluding hydrogens is 377 g/mol. The Labute approximate surface area is 141 Å². The van der Waals surface area contributed by atoms with E-state index in [1.165, 1.54) is 0 Å². The first kappa shape index (κ1) is 18.1. The Morgan fingerprint density at radius 3 is 2.24 bits per heavy atom. The van der Waals surface area contributed by atoms with Gasteiger partial charge in [-0.05, 0) is 59.7 Å². The van der Waals surface area contributed by atoms with Crippen LogP contribution in [0.2, 0.25) is 0 Å². The minimum Gasteiger partial charge on any atom is -0.352 e. The third-order valence-electron chi connectivity index (χ3n) is 3.31. The molecule has 3 nitrogen and oxygen atoms in total. The van der Waals surface area contributed by atoms with Crippen molar-refractivity contribution < 1.29 is 9.59 Å². The SMILES string of the molecule is CC(C)(C)C(=O)CCCCCNC(=O)c1ccc(I)cc1. The summed E-state index contributed by atoms with van der Waals surface area (Å²) in [6.07, 6.45) is 3.41. The molecule has 0 aliphatic rings. The Balaban J connectivity index is 2.16. The van der Waals surface area contributed by atoms with Gasteiger partial charge in [0.05, 0.1) is 0 Å². The summed E-state index contributed by atoms with van der Waals surface area (Å²) in [5.41, 5.74) is 0.456. The normalized spacial score (nSPS) is 11.2. The highest BCUT2D eigenvalue weighted by molar-refractivity contribution is 14.1. The quantitative estimate of drug-likeness (QED) is 0.550. The van der Waals surface area contributed by atoms with Gasteiger partial charge in [0.2, 0.25) is 0 Å². The van der Waals surface area contributed by atoms with Gasteiger partial charge < -0.3 is 5.32 Å². The second-order valence-corrected chi connectivity index (χ2v) is 7.49. The van der Waals surface area contributed by atoms with Gasteiger partial charge in [0.25, 0.3) is 5.91 Å². The van der Waals surface area contributed by atoms with E-state index in [-0.39, 0.29) is 11.3 Å². The van der Waals surface area contributed by atoms with E-state index in [9.17, 15) is 9.59 Å². The molecule has 0 heterocycles. The van der Waals surface area contributed by atoms with E-state index in [4.69, 9.17) is 0 Å². The van der Waals surface area contributed by atoms with Crippen LogP contribution in [0.15, 0.2) is 24.3 Å². The number of carbonyl (C=O) groups is 2. The van der Waals surface area contributed by atoms with Crippen molar-refractivity contribution in [3.8, 4) is 0 Å². The molecule has 0 saturated carbocycles. The van der Waals surface area contributed by atoms with Crippen LogP contribution in [-0.4, -0.2) is 18.2 Å². The molecule has 1 aromatic carbocycles. The average Bonchev–Trinajstić information content (AvgIpc) is 2.41. The van der Waals surface area contributed by atoms with Crippen LogP contribution < -0.4 is 5.32 Å². The highest BCUT2D eigenvalue weighted by atomic mass is 127. The van der Waals surface area contributed by atoms with E-state index in [1.807, 2.05) is 45.0 Å². The van der Waals surface area contributed by atoms with Gasteiger partial charge >= 0.3 is 0 Å². The Bertz CT molecular complexity index is 475. The average molecular weight is 401 g/mol. The maximum Gasteiger partial charge on any atom is 0.251 e. The van der Waals surface area contributed by atoms with E-state index in [2.05, 4.69) is 27.9 Å². The van der Waals surface area contributed by atoms with Gasteiger partial charge in [0, 0.05) is 27.5 Å². The first-order chi connectivity index (χ1) is 9.80. The molecule has 1 rings (SSSR count). The maximum atomic E-state index is 11.9. The van der Waals surface area contributed by atoms with Gasteiger partial charge in [0.15, 0.2) is 0 Å². The lowest BCUT2D eigenvalue weighted by Crippen LogP contribution is -2.24. The lowest BCUT2D eigenvalue weighted by atomic mass is 9.88. The van der Waals surface area contributed by atoms with Gasteiger partial charge in [-0.3, -0.25) is 9.59 Å². The summed E-state index contributed by atoms with van der Waals surface area (Å²) in [5, 5.41) is 2.91.